The first-order valence-electron chi connectivity index (χ1n) is 10.3. The summed E-state index contributed by atoms with van der Waals surface area (Å²) >= 11 is 1.67. The lowest BCUT2D eigenvalue weighted by atomic mass is 10.0. The number of rotatable bonds is 6. The number of fused-ring (bicyclic) bond motifs is 1. The van der Waals surface area contributed by atoms with Gasteiger partial charge < -0.3 is 10.6 Å². The third kappa shape index (κ3) is 4.59. The molecule has 0 saturated heterocycles. The predicted molar refractivity (Wildman–Crippen MR) is 130 cm³/mol. The van der Waals surface area contributed by atoms with Gasteiger partial charge in [-0.1, -0.05) is 35.9 Å². The highest BCUT2D eigenvalue weighted by atomic mass is 32.1. The maximum atomic E-state index is 12.4. The van der Waals surface area contributed by atoms with E-state index in [0.29, 0.717) is 13.0 Å². The molecule has 0 aliphatic heterocycles. The summed E-state index contributed by atoms with van der Waals surface area (Å²) < 4.78 is 0. The third-order valence-corrected chi connectivity index (χ3v) is 6.45. The molecule has 0 radical (unpaired) electrons. The Morgan fingerprint density at radius 2 is 1.74 bits per heavy atom. The number of aryl methyl sites for hydroxylation is 4. The summed E-state index contributed by atoms with van der Waals surface area (Å²) in [4.78, 5) is 23.5. The molecule has 2 aromatic heterocycles. The molecule has 0 bridgehead atoms. The van der Waals surface area contributed by atoms with E-state index in [9.17, 15) is 4.79 Å². The number of hydrogen-bond donors (Lipinski definition) is 2. The number of anilines is 2. The predicted octanol–water partition coefficient (Wildman–Crippen LogP) is 6.03. The zero-order valence-electron chi connectivity index (χ0n) is 18.2. The number of aromatic nitrogens is 2. The van der Waals surface area contributed by atoms with Crippen LogP contribution in [0.25, 0.3) is 21.3 Å². The first-order valence-corrected chi connectivity index (χ1v) is 11.2. The Balaban J connectivity index is 1.50. The Hall–Kier alpha value is -3.25. The number of nitrogens with one attached hydrogen (secondary N) is 2. The van der Waals surface area contributed by atoms with Gasteiger partial charge >= 0.3 is 0 Å². The molecule has 4 aromatic rings. The molecule has 1 amide bonds. The van der Waals surface area contributed by atoms with Gasteiger partial charge in [0, 0.05) is 29.1 Å². The summed E-state index contributed by atoms with van der Waals surface area (Å²) in [7, 11) is 0. The fraction of sp³-hybridized carbons (Fsp3) is 0.240. The van der Waals surface area contributed by atoms with E-state index in [1.807, 2.05) is 25.1 Å². The van der Waals surface area contributed by atoms with Gasteiger partial charge in [-0.2, -0.15) is 0 Å². The number of nitrogens with zero attached hydrogens (tertiary/aromatic N) is 2. The van der Waals surface area contributed by atoms with E-state index in [-0.39, 0.29) is 5.91 Å². The number of thiophene rings is 1. The second kappa shape index (κ2) is 8.86. The summed E-state index contributed by atoms with van der Waals surface area (Å²) in [5.41, 5.74) is 6.74. The van der Waals surface area contributed by atoms with Crippen molar-refractivity contribution in [2.75, 3.05) is 17.2 Å². The standard InChI is InChI=1S/C25H26N4OS/c1-15-5-8-19(9-6-15)22-18(4)31-25-23(22)24(27-14-28-25)26-12-11-21(30)29-20-10-7-16(2)17(3)13-20/h5-10,13-14H,11-12H2,1-4H3,(H,29,30)(H,26,27,28). The molecule has 0 fully saturated rings. The molecule has 0 unspecified atom stereocenters. The molecule has 2 aromatic carbocycles. The van der Waals surface area contributed by atoms with Crippen molar-refractivity contribution >= 4 is 39.0 Å². The van der Waals surface area contributed by atoms with Gasteiger partial charge in [0.05, 0.1) is 5.39 Å². The highest BCUT2D eigenvalue weighted by Gasteiger charge is 2.16. The fourth-order valence-corrected chi connectivity index (χ4v) is 4.60. The summed E-state index contributed by atoms with van der Waals surface area (Å²) in [5.74, 6) is 0.741. The zero-order chi connectivity index (χ0) is 22.0. The van der Waals surface area contributed by atoms with E-state index >= 15 is 0 Å². The van der Waals surface area contributed by atoms with Gasteiger partial charge in [-0.3, -0.25) is 4.79 Å². The minimum absolute atomic E-state index is 0.0266. The quantitative estimate of drug-likeness (QED) is 0.392. The van der Waals surface area contributed by atoms with Gasteiger partial charge in [0.2, 0.25) is 5.91 Å². The minimum Gasteiger partial charge on any atom is -0.369 e. The zero-order valence-corrected chi connectivity index (χ0v) is 19.1. The lowest BCUT2D eigenvalue weighted by molar-refractivity contribution is -0.115. The van der Waals surface area contributed by atoms with E-state index in [1.165, 1.54) is 16.0 Å². The summed E-state index contributed by atoms with van der Waals surface area (Å²) in [5, 5.41) is 7.34. The Labute approximate surface area is 186 Å². The van der Waals surface area contributed by atoms with Crippen molar-refractivity contribution in [3.8, 4) is 11.1 Å². The summed E-state index contributed by atoms with van der Waals surface area (Å²) in [6.07, 6.45) is 1.93. The second-order valence-electron chi connectivity index (χ2n) is 7.83. The Bertz CT molecular complexity index is 1240. The van der Waals surface area contributed by atoms with Crippen molar-refractivity contribution in [1.29, 1.82) is 0 Å². The van der Waals surface area contributed by atoms with Crippen LogP contribution in [-0.4, -0.2) is 22.4 Å². The number of amides is 1. The largest absolute Gasteiger partial charge is 0.369 e. The van der Waals surface area contributed by atoms with E-state index < -0.39 is 0 Å². The van der Waals surface area contributed by atoms with Crippen LogP contribution < -0.4 is 10.6 Å². The smallest absolute Gasteiger partial charge is 0.226 e. The Kier molecular flexibility index (Phi) is 6.00. The van der Waals surface area contributed by atoms with Crippen LogP contribution in [0, 0.1) is 27.7 Å². The van der Waals surface area contributed by atoms with Gasteiger partial charge in [-0.15, -0.1) is 11.3 Å². The average Bonchev–Trinajstić information content (AvgIpc) is 3.08. The maximum Gasteiger partial charge on any atom is 0.226 e. The minimum atomic E-state index is -0.0266. The molecule has 31 heavy (non-hydrogen) atoms. The number of benzene rings is 2. The van der Waals surface area contributed by atoms with Crippen LogP contribution in [0.5, 0.6) is 0 Å². The van der Waals surface area contributed by atoms with Gasteiger partial charge in [0.25, 0.3) is 0 Å². The van der Waals surface area contributed by atoms with E-state index in [2.05, 4.69) is 65.6 Å². The van der Waals surface area contributed by atoms with Gasteiger partial charge in [0.15, 0.2) is 0 Å². The van der Waals surface area contributed by atoms with Crippen molar-refractivity contribution in [2.24, 2.45) is 0 Å². The molecule has 158 valence electrons. The maximum absolute atomic E-state index is 12.4. The molecular formula is C25H26N4OS. The average molecular weight is 431 g/mol. The van der Waals surface area contributed by atoms with Crippen molar-refractivity contribution in [2.45, 2.75) is 34.1 Å². The summed E-state index contributed by atoms with van der Waals surface area (Å²) in [6.45, 7) is 8.79. The molecule has 2 N–H and O–H groups in total. The molecule has 6 heteroatoms. The molecule has 4 rings (SSSR count). The topological polar surface area (TPSA) is 66.9 Å². The molecular weight excluding hydrogens is 404 g/mol. The van der Waals surface area contributed by atoms with Crippen LogP contribution in [0.3, 0.4) is 0 Å². The van der Waals surface area contributed by atoms with Crippen LogP contribution in [0.1, 0.15) is 28.0 Å². The summed E-state index contributed by atoms with van der Waals surface area (Å²) in [6, 6.07) is 14.5. The molecule has 0 spiro atoms. The van der Waals surface area contributed by atoms with Crippen molar-refractivity contribution < 1.29 is 4.79 Å². The van der Waals surface area contributed by atoms with E-state index in [0.717, 1.165) is 38.4 Å². The Morgan fingerprint density at radius 3 is 2.48 bits per heavy atom. The van der Waals surface area contributed by atoms with Crippen LogP contribution in [0.15, 0.2) is 48.8 Å². The number of carbonyl (C=O) groups is 1. The highest BCUT2D eigenvalue weighted by Crippen LogP contribution is 2.40. The lowest BCUT2D eigenvalue weighted by Crippen LogP contribution is -2.16. The van der Waals surface area contributed by atoms with E-state index in [1.54, 1.807) is 17.7 Å². The fourth-order valence-electron chi connectivity index (χ4n) is 3.58. The monoisotopic (exact) mass is 430 g/mol. The molecule has 0 saturated carbocycles. The number of carbonyl (C=O) groups excluding carboxylic acids is 1. The van der Waals surface area contributed by atoms with Crippen LogP contribution in [0.2, 0.25) is 0 Å². The first-order chi connectivity index (χ1) is 14.9. The van der Waals surface area contributed by atoms with Crippen LogP contribution in [-0.2, 0) is 4.79 Å². The van der Waals surface area contributed by atoms with Gasteiger partial charge in [-0.25, -0.2) is 9.97 Å². The second-order valence-corrected chi connectivity index (χ2v) is 9.03. The Morgan fingerprint density at radius 1 is 0.968 bits per heavy atom. The normalized spacial score (nSPS) is 11.0. The third-order valence-electron chi connectivity index (χ3n) is 5.44. The van der Waals surface area contributed by atoms with Gasteiger partial charge in [0.1, 0.15) is 17.0 Å². The molecule has 0 aliphatic carbocycles. The SMILES string of the molecule is Cc1ccc(-c2c(C)sc3ncnc(NCCC(=O)Nc4ccc(C)c(C)c4)c23)cc1. The molecule has 2 heterocycles. The lowest BCUT2D eigenvalue weighted by Gasteiger charge is -2.10. The van der Waals surface area contributed by atoms with Gasteiger partial charge in [-0.05, 0) is 56.5 Å². The first kappa shape index (κ1) is 21.0. The van der Waals surface area contributed by atoms with Crippen molar-refractivity contribution in [3.05, 3.63) is 70.4 Å². The highest BCUT2D eigenvalue weighted by molar-refractivity contribution is 7.19. The molecule has 0 aliphatic rings. The molecule has 5 nitrogen and oxygen atoms in total. The van der Waals surface area contributed by atoms with Crippen LogP contribution in [0.4, 0.5) is 11.5 Å². The number of hydrogen-bond acceptors (Lipinski definition) is 5. The molecule has 0 atom stereocenters. The van der Waals surface area contributed by atoms with Crippen molar-refractivity contribution in [1.82, 2.24) is 9.97 Å². The van der Waals surface area contributed by atoms with Crippen LogP contribution >= 0.6 is 11.3 Å². The van der Waals surface area contributed by atoms with E-state index in [4.69, 9.17) is 0 Å². The van der Waals surface area contributed by atoms with Crippen molar-refractivity contribution in [3.63, 3.8) is 0 Å².